The number of fused-ring (bicyclic) bond motifs is 1. The van der Waals surface area contributed by atoms with Crippen molar-refractivity contribution in [1.82, 2.24) is 19.7 Å². The Balaban J connectivity index is 1.87. The van der Waals surface area contributed by atoms with Gasteiger partial charge in [0, 0.05) is 19.2 Å². The molecule has 29 heavy (non-hydrogen) atoms. The van der Waals surface area contributed by atoms with E-state index in [-0.39, 0.29) is 0 Å². The summed E-state index contributed by atoms with van der Waals surface area (Å²) in [4.78, 5) is 9.27. The molecule has 3 N–H and O–H groups in total. The molecule has 2 aromatic heterocycles. The van der Waals surface area contributed by atoms with Crippen molar-refractivity contribution >= 4 is 22.8 Å². The smallest absolute Gasteiger partial charge is 0.225 e. The van der Waals surface area contributed by atoms with Gasteiger partial charge in [0.25, 0.3) is 0 Å². The van der Waals surface area contributed by atoms with Crippen molar-refractivity contribution < 1.29 is 9.47 Å². The van der Waals surface area contributed by atoms with E-state index in [9.17, 15) is 0 Å². The van der Waals surface area contributed by atoms with Crippen molar-refractivity contribution in [2.24, 2.45) is 0 Å². The third-order valence-electron chi connectivity index (χ3n) is 4.52. The van der Waals surface area contributed by atoms with E-state index in [4.69, 9.17) is 20.2 Å². The maximum atomic E-state index is 6.50. The Labute approximate surface area is 168 Å². The van der Waals surface area contributed by atoms with Gasteiger partial charge in [-0.25, -0.2) is 9.67 Å². The van der Waals surface area contributed by atoms with Gasteiger partial charge in [-0.15, -0.1) is 5.10 Å². The zero-order valence-electron chi connectivity index (χ0n) is 16.3. The molecule has 0 saturated heterocycles. The van der Waals surface area contributed by atoms with Crippen molar-refractivity contribution in [2.45, 2.75) is 0 Å². The fraction of sp³-hybridized carbons (Fsp3) is 0.190. The van der Waals surface area contributed by atoms with E-state index in [1.807, 2.05) is 54.6 Å². The minimum Gasteiger partial charge on any atom is -0.497 e. The lowest BCUT2D eigenvalue weighted by Crippen LogP contribution is -2.10. The van der Waals surface area contributed by atoms with Crippen LogP contribution in [0.2, 0.25) is 0 Å². The van der Waals surface area contributed by atoms with Crippen LogP contribution in [-0.2, 0) is 4.74 Å². The van der Waals surface area contributed by atoms with Gasteiger partial charge >= 0.3 is 0 Å². The first-order chi connectivity index (χ1) is 14.2. The summed E-state index contributed by atoms with van der Waals surface area (Å²) in [6.45, 7) is 1.13. The number of hydrogen-bond acceptors (Lipinski definition) is 7. The van der Waals surface area contributed by atoms with Crippen LogP contribution in [-0.4, -0.2) is 47.1 Å². The van der Waals surface area contributed by atoms with Crippen LogP contribution in [0.1, 0.15) is 0 Å². The van der Waals surface area contributed by atoms with Crippen LogP contribution in [0, 0.1) is 0 Å². The monoisotopic (exact) mass is 390 g/mol. The Hall–Kier alpha value is -3.65. The van der Waals surface area contributed by atoms with Gasteiger partial charge in [-0.05, 0) is 24.3 Å². The maximum Gasteiger partial charge on any atom is 0.225 e. The largest absolute Gasteiger partial charge is 0.497 e. The normalized spacial score (nSPS) is 11.0. The van der Waals surface area contributed by atoms with Crippen molar-refractivity contribution in [3.63, 3.8) is 0 Å². The molecule has 8 nitrogen and oxygen atoms in total. The molecular weight excluding hydrogens is 368 g/mol. The molecule has 148 valence electrons. The average Bonchev–Trinajstić information content (AvgIpc) is 3.10. The predicted molar refractivity (Wildman–Crippen MR) is 113 cm³/mol. The highest BCUT2D eigenvalue weighted by molar-refractivity contribution is 5.99. The predicted octanol–water partition coefficient (Wildman–Crippen LogP) is 3.13. The Kier molecular flexibility index (Phi) is 5.26. The Morgan fingerprint density at radius 3 is 2.45 bits per heavy atom. The molecule has 0 aliphatic carbocycles. The standard InChI is InChI=1S/C21H22N6O2/c1-28-13-12-23-21-24-18(14-6-4-3-5-7-14)17-19(22)27(26-20(17)25-21)15-8-10-16(29-2)11-9-15/h3-11H,12-13,22H2,1-2H3,(H,23,25,26). The lowest BCUT2D eigenvalue weighted by molar-refractivity contribution is 0.210. The second-order valence-electron chi connectivity index (χ2n) is 6.38. The molecule has 0 bridgehead atoms. The second kappa shape index (κ2) is 8.15. The summed E-state index contributed by atoms with van der Waals surface area (Å²) in [5, 5.41) is 8.53. The molecule has 2 heterocycles. The van der Waals surface area contributed by atoms with E-state index >= 15 is 0 Å². The van der Waals surface area contributed by atoms with Crippen LogP contribution >= 0.6 is 0 Å². The molecule has 0 radical (unpaired) electrons. The van der Waals surface area contributed by atoms with Gasteiger partial charge in [0.05, 0.1) is 30.5 Å². The van der Waals surface area contributed by atoms with Gasteiger partial charge in [0.1, 0.15) is 11.6 Å². The van der Waals surface area contributed by atoms with Gasteiger partial charge in [0.15, 0.2) is 5.65 Å². The molecule has 0 aliphatic heterocycles. The molecule has 0 amide bonds. The van der Waals surface area contributed by atoms with E-state index in [1.165, 1.54) is 0 Å². The van der Waals surface area contributed by atoms with Crippen molar-refractivity contribution in [1.29, 1.82) is 0 Å². The number of nitrogen functional groups attached to an aromatic ring is 1. The molecule has 0 saturated carbocycles. The number of hydrogen-bond donors (Lipinski definition) is 2. The first-order valence-corrected chi connectivity index (χ1v) is 9.20. The SMILES string of the molecule is COCCNc1nc(-c2ccccc2)c2c(N)n(-c3ccc(OC)cc3)nc2n1. The highest BCUT2D eigenvalue weighted by Gasteiger charge is 2.19. The Bertz CT molecular complexity index is 1110. The molecule has 8 heteroatoms. The van der Waals surface area contributed by atoms with Gasteiger partial charge in [-0.2, -0.15) is 4.98 Å². The zero-order valence-corrected chi connectivity index (χ0v) is 16.3. The molecular formula is C21H22N6O2. The van der Waals surface area contributed by atoms with Crippen molar-refractivity contribution in [3.05, 3.63) is 54.6 Å². The highest BCUT2D eigenvalue weighted by atomic mass is 16.5. The van der Waals surface area contributed by atoms with Gasteiger partial charge in [0.2, 0.25) is 5.95 Å². The molecule has 0 aliphatic rings. The van der Waals surface area contributed by atoms with E-state index < -0.39 is 0 Å². The number of nitrogens with one attached hydrogen (secondary N) is 1. The summed E-state index contributed by atoms with van der Waals surface area (Å²) in [6, 6.07) is 17.4. The fourth-order valence-electron chi connectivity index (χ4n) is 3.08. The minimum absolute atomic E-state index is 0.479. The third-order valence-corrected chi connectivity index (χ3v) is 4.52. The van der Waals surface area contributed by atoms with Crippen LogP contribution < -0.4 is 15.8 Å². The lowest BCUT2D eigenvalue weighted by atomic mass is 10.1. The fourth-order valence-corrected chi connectivity index (χ4v) is 3.08. The average molecular weight is 390 g/mol. The first kappa shape index (κ1) is 18.7. The number of ether oxygens (including phenoxy) is 2. The van der Waals surface area contributed by atoms with Gasteiger partial charge in [-0.1, -0.05) is 30.3 Å². The summed E-state index contributed by atoms with van der Waals surface area (Å²) in [5.41, 5.74) is 9.50. The van der Waals surface area contributed by atoms with Crippen LogP contribution in [0.15, 0.2) is 54.6 Å². The number of methoxy groups -OCH3 is 2. The summed E-state index contributed by atoms with van der Waals surface area (Å²) < 4.78 is 12.0. The molecule has 4 aromatic rings. The molecule has 0 unspecified atom stereocenters. The van der Waals surface area contributed by atoms with E-state index in [0.717, 1.165) is 22.7 Å². The molecule has 4 rings (SSSR count). The van der Waals surface area contributed by atoms with E-state index in [1.54, 1.807) is 18.9 Å². The number of aromatic nitrogens is 4. The molecule has 0 atom stereocenters. The lowest BCUT2D eigenvalue weighted by Gasteiger charge is -2.08. The van der Waals surface area contributed by atoms with Gasteiger partial charge < -0.3 is 20.5 Å². The summed E-state index contributed by atoms with van der Waals surface area (Å²) in [6.07, 6.45) is 0. The quantitative estimate of drug-likeness (QED) is 0.468. The first-order valence-electron chi connectivity index (χ1n) is 9.20. The van der Waals surface area contributed by atoms with Crippen molar-refractivity contribution in [2.75, 3.05) is 38.4 Å². The minimum atomic E-state index is 0.479. The van der Waals surface area contributed by atoms with E-state index in [0.29, 0.717) is 36.0 Å². The van der Waals surface area contributed by atoms with E-state index in [2.05, 4.69) is 15.4 Å². The van der Waals surface area contributed by atoms with Crippen LogP contribution in [0.4, 0.5) is 11.8 Å². The van der Waals surface area contributed by atoms with Crippen LogP contribution in [0.5, 0.6) is 5.75 Å². The number of nitrogens with zero attached hydrogens (tertiary/aromatic N) is 4. The van der Waals surface area contributed by atoms with Crippen LogP contribution in [0.25, 0.3) is 28.0 Å². The van der Waals surface area contributed by atoms with Gasteiger partial charge in [-0.3, -0.25) is 0 Å². The molecule has 0 fully saturated rings. The number of anilines is 2. The zero-order chi connectivity index (χ0) is 20.2. The summed E-state index contributed by atoms with van der Waals surface area (Å²) in [7, 11) is 3.28. The maximum absolute atomic E-state index is 6.50. The van der Waals surface area contributed by atoms with Crippen molar-refractivity contribution in [3.8, 4) is 22.7 Å². The number of nitrogens with two attached hydrogens (primary N) is 1. The molecule has 0 spiro atoms. The van der Waals surface area contributed by atoms with Crippen LogP contribution in [0.3, 0.4) is 0 Å². The summed E-state index contributed by atoms with van der Waals surface area (Å²) in [5.74, 6) is 1.72. The Morgan fingerprint density at radius 2 is 1.76 bits per heavy atom. The summed E-state index contributed by atoms with van der Waals surface area (Å²) >= 11 is 0. The third kappa shape index (κ3) is 3.70. The number of rotatable bonds is 7. The highest BCUT2D eigenvalue weighted by Crippen LogP contribution is 2.32. The second-order valence-corrected chi connectivity index (χ2v) is 6.38. The Morgan fingerprint density at radius 1 is 1.00 bits per heavy atom. The number of benzene rings is 2. The topological polar surface area (TPSA) is 100 Å². The molecule has 2 aromatic carbocycles.